The van der Waals surface area contributed by atoms with E-state index in [1.165, 1.54) is 0 Å². The molecule has 7 heteroatoms. The van der Waals surface area contributed by atoms with Crippen LogP contribution in [0.2, 0.25) is 0 Å². The molecule has 0 spiro atoms. The second kappa shape index (κ2) is 6.35. The molecule has 2 N–H and O–H groups in total. The average molecular weight is 334 g/mol. The highest BCUT2D eigenvalue weighted by atomic mass is 16.1. The normalized spacial score (nSPS) is 13.2. The number of fused-ring (bicyclic) bond motifs is 1. The Morgan fingerprint density at radius 1 is 1.24 bits per heavy atom. The minimum atomic E-state index is -0.0249. The second-order valence-corrected chi connectivity index (χ2v) is 5.79. The number of carbonyl (C=O) groups excluding carboxylic acids is 1. The zero-order valence-electron chi connectivity index (χ0n) is 13.9. The molecule has 0 saturated carbocycles. The third-order valence-corrected chi connectivity index (χ3v) is 4.18. The Labute approximate surface area is 145 Å². The molecule has 3 aromatic rings. The molecule has 1 aromatic carbocycles. The van der Waals surface area contributed by atoms with E-state index in [0.717, 1.165) is 41.2 Å². The Morgan fingerprint density at radius 3 is 2.88 bits per heavy atom. The lowest BCUT2D eigenvalue weighted by atomic mass is 10.00. The molecule has 1 amide bonds. The summed E-state index contributed by atoms with van der Waals surface area (Å²) >= 11 is 0. The van der Waals surface area contributed by atoms with Crippen LogP contribution in [0.1, 0.15) is 22.8 Å². The van der Waals surface area contributed by atoms with Gasteiger partial charge in [0, 0.05) is 49.1 Å². The number of hydrogen-bond acceptors (Lipinski definition) is 5. The summed E-state index contributed by atoms with van der Waals surface area (Å²) in [6, 6.07) is 5.93. The minimum absolute atomic E-state index is 0.0249. The molecule has 0 bridgehead atoms. The van der Waals surface area contributed by atoms with Gasteiger partial charge in [-0.15, -0.1) is 0 Å². The van der Waals surface area contributed by atoms with Crippen LogP contribution < -0.4 is 10.6 Å². The highest BCUT2D eigenvalue weighted by Crippen LogP contribution is 2.24. The van der Waals surface area contributed by atoms with Crippen molar-refractivity contribution in [2.75, 3.05) is 18.4 Å². The first-order valence-electron chi connectivity index (χ1n) is 8.27. The number of rotatable bonds is 4. The van der Waals surface area contributed by atoms with Crippen molar-refractivity contribution < 1.29 is 4.79 Å². The van der Waals surface area contributed by atoms with Crippen molar-refractivity contribution in [1.82, 2.24) is 24.8 Å². The van der Waals surface area contributed by atoms with Crippen LogP contribution in [-0.4, -0.2) is 38.5 Å². The second-order valence-electron chi connectivity index (χ2n) is 5.79. The number of hydrogen-bond donors (Lipinski definition) is 2. The largest absolute Gasteiger partial charge is 0.355 e. The molecule has 0 radical (unpaired) electrons. The van der Waals surface area contributed by atoms with Gasteiger partial charge in [0.2, 0.25) is 5.95 Å². The molecule has 0 fully saturated rings. The first kappa shape index (κ1) is 15.3. The van der Waals surface area contributed by atoms with Crippen molar-refractivity contribution in [3.63, 3.8) is 0 Å². The first-order chi connectivity index (χ1) is 12.3. The third-order valence-electron chi connectivity index (χ3n) is 4.18. The van der Waals surface area contributed by atoms with Crippen molar-refractivity contribution in [1.29, 1.82) is 0 Å². The zero-order valence-corrected chi connectivity index (χ0v) is 13.9. The molecule has 3 heterocycles. The summed E-state index contributed by atoms with van der Waals surface area (Å²) in [6.07, 6.45) is 7.95. The van der Waals surface area contributed by atoms with E-state index in [4.69, 9.17) is 0 Å². The molecular formula is C18H18N6O. The van der Waals surface area contributed by atoms with Crippen molar-refractivity contribution in [2.45, 2.75) is 13.3 Å². The van der Waals surface area contributed by atoms with E-state index in [1.807, 2.05) is 35.9 Å². The number of aromatic nitrogens is 4. The van der Waals surface area contributed by atoms with E-state index < -0.39 is 0 Å². The van der Waals surface area contributed by atoms with Crippen LogP contribution in [0.5, 0.6) is 0 Å². The smallest absolute Gasteiger partial charge is 0.251 e. The van der Waals surface area contributed by atoms with Gasteiger partial charge in [-0.3, -0.25) is 9.36 Å². The standard InChI is InChI=1S/C18H18N6O/c1-2-19-18-22-10-13(11-23-18)16-20-7-8-24(16)14-4-3-12-5-6-21-17(25)15(12)9-14/h3-4,7-11H,2,5-6H2,1H3,(H,21,25)(H,19,22,23). The van der Waals surface area contributed by atoms with Crippen LogP contribution >= 0.6 is 0 Å². The summed E-state index contributed by atoms with van der Waals surface area (Å²) in [7, 11) is 0. The Kier molecular flexibility index (Phi) is 3.89. The molecule has 0 saturated heterocycles. The molecule has 4 rings (SSSR count). The van der Waals surface area contributed by atoms with Crippen LogP contribution in [0.4, 0.5) is 5.95 Å². The Hall–Kier alpha value is -3.22. The third kappa shape index (κ3) is 2.84. The molecule has 0 atom stereocenters. The lowest BCUT2D eigenvalue weighted by Gasteiger charge is -2.18. The fourth-order valence-corrected chi connectivity index (χ4v) is 2.97. The maximum atomic E-state index is 12.1. The highest BCUT2D eigenvalue weighted by Gasteiger charge is 2.18. The Balaban J connectivity index is 1.72. The van der Waals surface area contributed by atoms with E-state index in [1.54, 1.807) is 18.6 Å². The Morgan fingerprint density at radius 2 is 2.08 bits per heavy atom. The minimum Gasteiger partial charge on any atom is -0.355 e. The molecule has 25 heavy (non-hydrogen) atoms. The maximum absolute atomic E-state index is 12.1. The van der Waals surface area contributed by atoms with E-state index in [9.17, 15) is 4.79 Å². The van der Waals surface area contributed by atoms with Crippen LogP contribution in [0.3, 0.4) is 0 Å². The lowest BCUT2D eigenvalue weighted by Crippen LogP contribution is -2.31. The van der Waals surface area contributed by atoms with Gasteiger partial charge < -0.3 is 10.6 Å². The van der Waals surface area contributed by atoms with Gasteiger partial charge >= 0.3 is 0 Å². The van der Waals surface area contributed by atoms with Crippen LogP contribution in [0.15, 0.2) is 43.0 Å². The van der Waals surface area contributed by atoms with E-state index in [0.29, 0.717) is 12.5 Å². The van der Waals surface area contributed by atoms with E-state index >= 15 is 0 Å². The topological polar surface area (TPSA) is 84.7 Å². The summed E-state index contributed by atoms with van der Waals surface area (Å²) in [5.74, 6) is 1.30. The maximum Gasteiger partial charge on any atom is 0.251 e. The van der Waals surface area contributed by atoms with E-state index in [-0.39, 0.29) is 5.91 Å². The van der Waals surface area contributed by atoms with E-state index in [2.05, 4.69) is 25.6 Å². The van der Waals surface area contributed by atoms with Gasteiger partial charge in [0.15, 0.2) is 0 Å². The number of amides is 1. The lowest BCUT2D eigenvalue weighted by molar-refractivity contribution is 0.0946. The molecule has 1 aliphatic heterocycles. The molecule has 7 nitrogen and oxygen atoms in total. The Bertz CT molecular complexity index is 916. The highest BCUT2D eigenvalue weighted by molar-refractivity contribution is 5.97. The van der Waals surface area contributed by atoms with Crippen molar-refractivity contribution in [3.05, 3.63) is 54.1 Å². The van der Waals surface area contributed by atoms with Gasteiger partial charge in [-0.25, -0.2) is 15.0 Å². The number of nitrogens with one attached hydrogen (secondary N) is 2. The van der Waals surface area contributed by atoms with Crippen molar-refractivity contribution in [2.24, 2.45) is 0 Å². The van der Waals surface area contributed by atoms with Crippen LogP contribution in [0, 0.1) is 0 Å². The van der Waals surface area contributed by atoms with Crippen LogP contribution in [0.25, 0.3) is 17.1 Å². The molecule has 0 aliphatic carbocycles. The number of benzene rings is 1. The molecule has 2 aromatic heterocycles. The van der Waals surface area contributed by atoms with Crippen molar-refractivity contribution in [3.8, 4) is 17.1 Å². The quantitative estimate of drug-likeness (QED) is 0.763. The van der Waals surface area contributed by atoms with Crippen LogP contribution in [-0.2, 0) is 6.42 Å². The number of nitrogens with zero attached hydrogens (tertiary/aromatic N) is 4. The van der Waals surface area contributed by atoms with Gasteiger partial charge in [-0.2, -0.15) is 0 Å². The van der Waals surface area contributed by atoms with Gasteiger partial charge in [0.1, 0.15) is 5.82 Å². The predicted molar refractivity (Wildman–Crippen MR) is 94.8 cm³/mol. The SMILES string of the molecule is CCNc1ncc(-c2nccn2-c2ccc3c(c2)C(=O)NCC3)cn1. The predicted octanol–water partition coefficient (Wildman–Crippen LogP) is 2.05. The fraction of sp³-hybridized carbons (Fsp3) is 0.222. The number of imidazole rings is 1. The van der Waals surface area contributed by atoms with Crippen molar-refractivity contribution >= 4 is 11.9 Å². The molecular weight excluding hydrogens is 316 g/mol. The summed E-state index contributed by atoms with van der Waals surface area (Å²) in [5.41, 5.74) is 3.50. The molecule has 1 aliphatic rings. The first-order valence-corrected chi connectivity index (χ1v) is 8.27. The monoisotopic (exact) mass is 334 g/mol. The molecule has 126 valence electrons. The van der Waals surface area contributed by atoms with Gasteiger partial charge in [-0.1, -0.05) is 6.07 Å². The van der Waals surface area contributed by atoms with Gasteiger partial charge in [0.05, 0.1) is 5.56 Å². The molecule has 0 unspecified atom stereocenters. The van der Waals surface area contributed by atoms with Gasteiger partial charge in [-0.05, 0) is 31.0 Å². The summed E-state index contributed by atoms with van der Waals surface area (Å²) in [6.45, 7) is 3.46. The average Bonchev–Trinajstić information content (AvgIpc) is 3.12. The summed E-state index contributed by atoms with van der Waals surface area (Å²) < 4.78 is 1.94. The fourth-order valence-electron chi connectivity index (χ4n) is 2.97. The number of carbonyl (C=O) groups is 1. The zero-order chi connectivity index (χ0) is 17.2. The summed E-state index contributed by atoms with van der Waals surface area (Å²) in [5, 5.41) is 5.96. The number of anilines is 1. The summed E-state index contributed by atoms with van der Waals surface area (Å²) in [4.78, 5) is 25.1. The van der Waals surface area contributed by atoms with Gasteiger partial charge in [0.25, 0.3) is 5.91 Å².